The van der Waals surface area contributed by atoms with Gasteiger partial charge in [0.1, 0.15) is 5.69 Å². The average Bonchev–Trinajstić information content (AvgIpc) is 3.21. The van der Waals surface area contributed by atoms with E-state index in [9.17, 15) is 4.79 Å². The molecular formula is C18H21N5O. The summed E-state index contributed by atoms with van der Waals surface area (Å²) in [4.78, 5) is 17.9. The third-order valence-corrected chi connectivity index (χ3v) is 4.62. The summed E-state index contributed by atoms with van der Waals surface area (Å²) in [5.41, 5.74) is 2.69. The van der Waals surface area contributed by atoms with Crippen LogP contribution in [0.1, 0.15) is 29.0 Å². The van der Waals surface area contributed by atoms with Crippen LogP contribution in [0.25, 0.3) is 10.9 Å². The van der Waals surface area contributed by atoms with Crippen LogP contribution in [0.3, 0.4) is 0 Å². The molecule has 6 heteroatoms. The minimum atomic E-state index is -0.0275. The zero-order valence-corrected chi connectivity index (χ0v) is 13.7. The maximum atomic E-state index is 12.5. The maximum Gasteiger partial charge on any atom is 0.267 e. The van der Waals surface area contributed by atoms with Gasteiger partial charge in [-0.2, -0.15) is 5.10 Å². The second kappa shape index (κ2) is 6.03. The molecule has 24 heavy (non-hydrogen) atoms. The lowest BCUT2D eigenvalue weighted by Gasteiger charge is -2.32. The predicted octanol–water partition coefficient (Wildman–Crippen LogP) is 2.60. The van der Waals surface area contributed by atoms with Gasteiger partial charge >= 0.3 is 0 Å². The number of rotatable bonds is 3. The maximum absolute atomic E-state index is 12.5. The third-order valence-electron chi connectivity index (χ3n) is 4.62. The lowest BCUT2D eigenvalue weighted by Crippen LogP contribution is -2.44. The standard InChI is InChI=1S/C18H21N5O/c1-12-10-17(22-21-12)23-8-6-14(7-9-23)19-18(24)16-11-13-4-2-3-5-15(13)20-16/h2-5,10-11,14,20H,6-9H2,1H3,(H,19,24)(H,21,22). The molecule has 3 N–H and O–H groups in total. The Bertz CT molecular complexity index is 824. The molecule has 0 unspecified atom stereocenters. The van der Waals surface area contributed by atoms with Gasteiger partial charge in [0.25, 0.3) is 5.91 Å². The Morgan fingerprint density at radius 1 is 1.25 bits per heavy atom. The van der Waals surface area contributed by atoms with Crippen molar-refractivity contribution < 1.29 is 4.79 Å². The number of anilines is 1. The van der Waals surface area contributed by atoms with Gasteiger partial charge in [-0.25, -0.2) is 0 Å². The highest BCUT2D eigenvalue weighted by Crippen LogP contribution is 2.19. The van der Waals surface area contributed by atoms with E-state index in [1.165, 1.54) is 0 Å². The summed E-state index contributed by atoms with van der Waals surface area (Å²) in [5.74, 6) is 0.966. The first-order valence-electron chi connectivity index (χ1n) is 8.34. The molecule has 3 heterocycles. The first-order valence-corrected chi connectivity index (χ1v) is 8.34. The van der Waals surface area contributed by atoms with E-state index in [-0.39, 0.29) is 11.9 Å². The fraction of sp³-hybridized carbons (Fsp3) is 0.333. The molecule has 1 aliphatic heterocycles. The van der Waals surface area contributed by atoms with Crippen molar-refractivity contribution in [2.24, 2.45) is 0 Å². The van der Waals surface area contributed by atoms with Gasteiger partial charge in [-0.3, -0.25) is 9.89 Å². The van der Waals surface area contributed by atoms with Crippen LogP contribution in [0.15, 0.2) is 36.4 Å². The molecular weight excluding hydrogens is 302 g/mol. The number of aromatic amines is 2. The number of hydrogen-bond donors (Lipinski definition) is 3. The number of aryl methyl sites for hydroxylation is 1. The Morgan fingerprint density at radius 2 is 2.04 bits per heavy atom. The fourth-order valence-electron chi connectivity index (χ4n) is 3.28. The number of aromatic nitrogens is 3. The van der Waals surface area contributed by atoms with Gasteiger partial charge in [-0.15, -0.1) is 0 Å². The monoisotopic (exact) mass is 323 g/mol. The average molecular weight is 323 g/mol. The van der Waals surface area contributed by atoms with Crippen LogP contribution in [0.2, 0.25) is 0 Å². The number of hydrogen-bond acceptors (Lipinski definition) is 3. The molecule has 1 fully saturated rings. The van der Waals surface area contributed by atoms with Gasteiger partial charge in [0.15, 0.2) is 5.82 Å². The van der Waals surface area contributed by atoms with Crippen LogP contribution >= 0.6 is 0 Å². The van der Waals surface area contributed by atoms with Crippen LogP contribution in [0, 0.1) is 6.92 Å². The molecule has 2 aromatic heterocycles. The summed E-state index contributed by atoms with van der Waals surface area (Å²) < 4.78 is 0. The summed E-state index contributed by atoms with van der Waals surface area (Å²) in [7, 11) is 0. The van der Waals surface area contributed by atoms with Gasteiger partial charge in [0.05, 0.1) is 0 Å². The smallest absolute Gasteiger partial charge is 0.267 e. The highest BCUT2D eigenvalue weighted by Gasteiger charge is 2.23. The zero-order chi connectivity index (χ0) is 16.5. The van der Waals surface area contributed by atoms with E-state index in [1.54, 1.807) is 0 Å². The molecule has 1 aromatic carbocycles. The normalized spacial score (nSPS) is 15.8. The Hall–Kier alpha value is -2.76. The largest absolute Gasteiger partial charge is 0.355 e. The van der Waals surface area contributed by atoms with E-state index in [1.807, 2.05) is 37.3 Å². The van der Waals surface area contributed by atoms with Crippen molar-refractivity contribution in [2.75, 3.05) is 18.0 Å². The van der Waals surface area contributed by atoms with Crippen LogP contribution in [0.5, 0.6) is 0 Å². The van der Waals surface area contributed by atoms with Crippen LogP contribution in [-0.2, 0) is 0 Å². The Kier molecular flexibility index (Phi) is 3.72. The number of H-pyrrole nitrogens is 2. The van der Waals surface area contributed by atoms with Crippen molar-refractivity contribution in [3.63, 3.8) is 0 Å². The van der Waals surface area contributed by atoms with Crippen molar-refractivity contribution in [1.82, 2.24) is 20.5 Å². The number of piperidine rings is 1. The molecule has 4 rings (SSSR count). The molecule has 0 radical (unpaired) electrons. The number of fused-ring (bicyclic) bond motifs is 1. The number of nitrogens with one attached hydrogen (secondary N) is 3. The van der Waals surface area contributed by atoms with Gasteiger partial charge in [-0.1, -0.05) is 18.2 Å². The molecule has 124 valence electrons. The summed E-state index contributed by atoms with van der Waals surface area (Å²) in [5, 5.41) is 11.5. The SMILES string of the molecule is Cc1cc(N2CCC(NC(=O)c3cc4ccccc4[nH]3)CC2)n[nH]1. The minimum absolute atomic E-state index is 0.0275. The lowest BCUT2D eigenvalue weighted by molar-refractivity contribution is 0.0927. The number of benzene rings is 1. The van der Waals surface area contributed by atoms with Gasteiger partial charge in [0.2, 0.25) is 0 Å². The summed E-state index contributed by atoms with van der Waals surface area (Å²) >= 11 is 0. The summed E-state index contributed by atoms with van der Waals surface area (Å²) in [6.45, 7) is 3.81. The Balaban J connectivity index is 1.37. The topological polar surface area (TPSA) is 76.8 Å². The van der Waals surface area contributed by atoms with E-state index in [0.717, 1.165) is 48.3 Å². The lowest BCUT2D eigenvalue weighted by atomic mass is 10.0. The molecule has 6 nitrogen and oxygen atoms in total. The Morgan fingerprint density at radius 3 is 2.75 bits per heavy atom. The van der Waals surface area contributed by atoms with E-state index in [0.29, 0.717) is 5.69 Å². The number of para-hydroxylation sites is 1. The molecule has 0 spiro atoms. The molecule has 0 aliphatic carbocycles. The molecule has 3 aromatic rings. The second-order valence-electron chi connectivity index (χ2n) is 6.41. The van der Waals surface area contributed by atoms with E-state index >= 15 is 0 Å². The van der Waals surface area contributed by atoms with Crippen LogP contribution in [-0.4, -0.2) is 40.2 Å². The van der Waals surface area contributed by atoms with E-state index < -0.39 is 0 Å². The molecule has 0 saturated carbocycles. The number of amides is 1. The van der Waals surface area contributed by atoms with Crippen LogP contribution < -0.4 is 10.2 Å². The molecule has 1 amide bonds. The molecule has 0 bridgehead atoms. The summed E-state index contributed by atoms with van der Waals surface area (Å²) in [6, 6.07) is 12.1. The Labute approximate surface area is 140 Å². The molecule has 1 saturated heterocycles. The van der Waals surface area contributed by atoms with Crippen LogP contribution in [0.4, 0.5) is 5.82 Å². The first kappa shape index (κ1) is 14.8. The third kappa shape index (κ3) is 2.87. The second-order valence-corrected chi connectivity index (χ2v) is 6.41. The highest BCUT2D eigenvalue weighted by molar-refractivity contribution is 5.98. The number of nitrogens with zero attached hydrogens (tertiary/aromatic N) is 2. The predicted molar refractivity (Wildman–Crippen MR) is 94.3 cm³/mol. The van der Waals surface area contributed by atoms with Gasteiger partial charge in [-0.05, 0) is 31.9 Å². The van der Waals surface area contributed by atoms with Crippen molar-refractivity contribution in [2.45, 2.75) is 25.8 Å². The van der Waals surface area contributed by atoms with E-state index in [2.05, 4.69) is 31.5 Å². The number of carbonyl (C=O) groups excluding carboxylic acids is 1. The van der Waals surface area contributed by atoms with Crippen molar-refractivity contribution >= 4 is 22.6 Å². The molecule has 0 atom stereocenters. The fourth-order valence-corrected chi connectivity index (χ4v) is 3.28. The summed E-state index contributed by atoms with van der Waals surface area (Å²) in [6.07, 6.45) is 1.86. The van der Waals surface area contributed by atoms with Gasteiger partial charge in [0, 0.05) is 41.8 Å². The molecule has 1 aliphatic rings. The zero-order valence-electron chi connectivity index (χ0n) is 13.7. The van der Waals surface area contributed by atoms with Crippen molar-refractivity contribution in [3.8, 4) is 0 Å². The first-order chi connectivity index (χ1) is 11.7. The number of carbonyl (C=O) groups is 1. The van der Waals surface area contributed by atoms with Crippen molar-refractivity contribution in [3.05, 3.63) is 47.8 Å². The highest BCUT2D eigenvalue weighted by atomic mass is 16.1. The van der Waals surface area contributed by atoms with Crippen molar-refractivity contribution in [1.29, 1.82) is 0 Å². The van der Waals surface area contributed by atoms with E-state index in [4.69, 9.17) is 0 Å². The van der Waals surface area contributed by atoms with Gasteiger partial charge < -0.3 is 15.2 Å². The quantitative estimate of drug-likeness (QED) is 0.693. The minimum Gasteiger partial charge on any atom is -0.355 e.